The van der Waals surface area contributed by atoms with Crippen LogP contribution in [0, 0.1) is 5.92 Å². The first-order valence-corrected chi connectivity index (χ1v) is 4.91. The van der Waals surface area contributed by atoms with Crippen LogP contribution in [0.3, 0.4) is 0 Å². The van der Waals surface area contributed by atoms with Gasteiger partial charge >= 0.3 is 0 Å². The van der Waals surface area contributed by atoms with E-state index in [4.69, 9.17) is 5.73 Å². The van der Waals surface area contributed by atoms with E-state index in [9.17, 15) is 0 Å². The Bertz CT molecular complexity index is 470. The van der Waals surface area contributed by atoms with E-state index in [-0.39, 0.29) is 0 Å². The van der Waals surface area contributed by atoms with Crippen LogP contribution in [-0.2, 0) is 6.54 Å². The molecule has 0 radical (unpaired) electrons. The number of nitrogen functional groups attached to an aromatic ring is 1. The molecule has 0 amide bonds. The molecule has 1 saturated carbocycles. The van der Waals surface area contributed by atoms with Gasteiger partial charge in [0.25, 0.3) is 0 Å². The highest BCUT2D eigenvalue weighted by Crippen LogP contribution is 2.31. The third-order valence-corrected chi connectivity index (χ3v) is 2.67. The Balaban J connectivity index is 2.08. The van der Waals surface area contributed by atoms with Gasteiger partial charge in [-0.2, -0.15) is 0 Å². The quantitative estimate of drug-likeness (QED) is 0.725. The maximum absolute atomic E-state index is 5.73. The minimum absolute atomic E-state index is 0.775. The standard InChI is InChI=1S/C10H12N4/c11-8-3-4-9-10(5-8)14(13-12-9)6-7-1-2-7/h3-5,7H,1-2,6,11H2. The number of fused-ring (bicyclic) bond motifs is 1. The molecule has 4 heteroatoms. The molecular formula is C10H12N4. The second kappa shape index (κ2) is 2.70. The molecule has 0 aliphatic heterocycles. The van der Waals surface area contributed by atoms with E-state index < -0.39 is 0 Å². The van der Waals surface area contributed by atoms with E-state index in [1.807, 2.05) is 22.9 Å². The van der Waals surface area contributed by atoms with Gasteiger partial charge in [0.2, 0.25) is 0 Å². The van der Waals surface area contributed by atoms with Crippen LogP contribution in [0.2, 0.25) is 0 Å². The van der Waals surface area contributed by atoms with E-state index in [2.05, 4.69) is 10.3 Å². The Morgan fingerprint density at radius 1 is 1.43 bits per heavy atom. The fourth-order valence-electron chi connectivity index (χ4n) is 1.66. The molecule has 0 spiro atoms. The molecule has 1 fully saturated rings. The number of nitrogens with two attached hydrogens (primary N) is 1. The lowest BCUT2D eigenvalue weighted by Crippen LogP contribution is -2.01. The van der Waals surface area contributed by atoms with Crippen molar-refractivity contribution in [2.24, 2.45) is 5.92 Å². The zero-order valence-electron chi connectivity index (χ0n) is 7.85. The lowest BCUT2D eigenvalue weighted by molar-refractivity contribution is 0.559. The van der Waals surface area contributed by atoms with Crippen molar-refractivity contribution < 1.29 is 0 Å². The van der Waals surface area contributed by atoms with Gasteiger partial charge in [0, 0.05) is 12.2 Å². The van der Waals surface area contributed by atoms with Crippen LogP contribution < -0.4 is 5.73 Å². The molecule has 0 atom stereocenters. The number of anilines is 1. The molecule has 14 heavy (non-hydrogen) atoms. The topological polar surface area (TPSA) is 56.7 Å². The number of benzene rings is 1. The second-order valence-electron chi connectivity index (χ2n) is 3.96. The maximum atomic E-state index is 5.73. The van der Waals surface area contributed by atoms with Gasteiger partial charge in [-0.3, -0.25) is 0 Å². The Morgan fingerprint density at radius 3 is 3.07 bits per heavy atom. The molecule has 72 valence electrons. The summed E-state index contributed by atoms with van der Waals surface area (Å²) in [6.45, 7) is 0.986. The van der Waals surface area contributed by atoms with Crippen molar-refractivity contribution in [3.05, 3.63) is 18.2 Å². The number of aromatic nitrogens is 3. The zero-order valence-corrected chi connectivity index (χ0v) is 7.85. The molecule has 0 saturated heterocycles. The summed E-state index contributed by atoms with van der Waals surface area (Å²) in [5, 5.41) is 8.23. The number of hydrogen-bond donors (Lipinski definition) is 1. The number of rotatable bonds is 2. The second-order valence-corrected chi connectivity index (χ2v) is 3.96. The van der Waals surface area contributed by atoms with Crippen LogP contribution >= 0.6 is 0 Å². The summed E-state index contributed by atoms with van der Waals surface area (Å²) in [6.07, 6.45) is 2.65. The van der Waals surface area contributed by atoms with Crippen LogP contribution in [0.25, 0.3) is 11.0 Å². The van der Waals surface area contributed by atoms with E-state index in [1.165, 1.54) is 12.8 Å². The molecule has 1 heterocycles. The highest BCUT2D eigenvalue weighted by atomic mass is 15.4. The smallest absolute Gasteiger partial charge is 0.113 e. The van der Waals surface area contributed by atoms with Gasteiger partial charge in [-0.1, -0.05) is 5.21 Å². The Hall–Kier alpha value is -1.58. The highest BCUT2D eigenvalue weighted by Gasteiger charge is 2.22. The summed E-state index contributed by atoms with van der Waals surface area (Å²) in [5.74, 6) is 0.807. The van der Waals surface area contributed by atoms with Gasteiger partial charge in [-0.25, -0.2) is 4.68 Å². The van der Waals surface area contributed by atoms with Crippen molar-refractivity contribution in [3.63, 3.8) is 0 Å². The first-order valence-electron chi connectivity index (χ1n) is 4.91. The van der Waals surface area contributed by atoms with Crippen LogP contribution in [-0.4, -0.2) is 15.0 Å². The van der Waals surface area contributed by atoms with Gasteiger partial charge in [0.15, 0.2) is 0 Å². The molecule has 0 unspecified atom stereocenters. The number of hydrogen-bond acceptors (Lipinski definition) is 3. The van der Waals surface area contributed by atoms with Crippen molar-refractivity contribution in [1.82, 2.24) is 15.0 Å². The third kappa shape index (κ3) is 1.23. The predicted octanol–water partition coefficient (Wildman–Crippen LogP) is 1.42. The molecule has 0 bridgehead atoms. The molecule has 2 N–H and O–H groups in total. The summed E-state index contributed by atoms with van der Waals surface area (Å²) in [4.78, 5) is 0. The molecule has 1 aromatic heterocycles. The lowest BCUT2D eigenvalue weighted by Gasteiger charge is -1.99. The van der Waals surface area contributed by atoms with Crippen molar-refractivity contribution in [2.45, 2.75) is 19.4 Å². The highest BCUT2D eigenvalue weighted by molar-refractivity contribution is 5.78. The predicted molar refractivity (Wildman–Crippen MR) is 54.7 cm³/mol. The summed E-state index contributed by atoms with van der Waals surface area (Å²) in [5.41, 5.74) is 8.49. The van der Waals surface area contributed by atoms with Gasteiger partial charge in [0.1, 0.15) is 5.52 Å². The van der Waals surface area contributed by atoms with E-state index in [0.717, 1.165) is 29.2 Å². The Labute approximate surface area is 81.7 Å². The average Bonchev–Trinajstić information content (AvgIpc) is 2.90. The molecule has 2 aromatic rings. The normalized spacial score (nSPS) is 16.3. The fraction of sp³-hybridized carbons (Fsp3) is 0.400. The van der Waals surface area contributed by atoms with Gasteiger partial charge in [-0.05, 0) is 37.0 Å². The van der Waals surface area contributed by atoms with Crippen LogP contribution in [0.15, 0.2) is 18.2 Å². The van der Waals surface area contributed by atoms with Gasteiger partial charge in [0.05, 0.1) is 5.52 Å². The van der Waals surface area contributed by atoms with Crippen molar-refractivity contribution >= 4 is 16.7 Å². The molecule has 1 aliphatic rings. The third-order valence-electron chi connectivity index (χ3n) is 2.67. The SMILES string of the molecule is Nc1ccc2nnn(CC3CC3)c2c1. The Morgan fingerprint density at radius 2 is 2.29 bits per heavy atom. The van der Waals surface area contributed by atoms with Crippen molar-refractivity contribution in [2.75, 3.05) is 5.73 Å². The van der Waals surface area contributed by atoms with E-state index in [0.29, 0.717) is 0 Å². The molecule has 4 nitrogen and oxygen atoms in total. The first-order chi connectivity index (χ1) is 6.83. The summed E-state index contributed by atoms with van der Waals surface area (Å²) in [7, 11) is 0. The van der Waals surface area contributed by atoms with Gasteiger partial charge < -0.3 is 5.73 Å². The monoisotopic (exact) mass is 188 g/mol. The van der Waals surface area contributed by atoms with Crippen molar-refractivity contribution in [1.29, 1.82) is 0 Å². The zero-order chi connectivity index (χ0) is 9.54. The molecule has 1 aliphatic carbocycles. The van der Waals surface area contributed by atoms with Gasteiger partial charge in [-0.15, -0.1) is 5.10 Å². The Kier molecular flexibility index (Phi) is 1.50. The van der Waals surface area contributed by atoms with E-state index >= 15 is 0 Å². The fourth-order valence-corrected chi connectivity index (χ4v) is 1.66. The largest absolute Gasteiger partial charge is 0.399 e. The van der Waals surface area contributed by atoms with Crippen LogP contribution in [0.5, 0.6) is 0 Å². The number of nitrogens with zero attached hydrogens (tertiary/aromatic N) is 3. The molecular weight excluding hydrogens is 176 g/mol. The van der Waals surface area contributed by atoms with Crippen LogP contribution in [0.1, 0.15) is 12.8 Å². The van der Waals surface area contributed by atoms with Crippen LogP contribution in [0.4, 0.5) is 5.69 Å². The lowest BCUT2D eigenvalue weighted by atomic mass is 10.3. The average molecular weight is 188 g/mol. The summed E-state index contributed by atoms with van der Waals surface area (Å²) < 4.78 is 1.96. The maximum Gasteiger partial charge on any atom is 0.113 e. The molecule has 3 rings (SSSR count). The minimum Gasteiger partial charge on any atom is -0.399 e. The summed E-state index contributed by atoms with van der Waals surface area (Å²) >= 11 is 0. The van der Waals surface area contributed by atoms with Crippen molar-refractivity contribution in [3.8, 4) is 0 Å². The minimum atomic E-state index is 0.775. The summed E-state index contributed by atoms with van der Waals surface area (Å²) in [6, 6.07) is 5.72. The van der Waals surface area contributed by atoms with E-state index in [1.54, 1.807) is 0 Å². The first kappa shape index (κ1) is 7.79. The molecule has 1 aromatic carbocycles.